The lowest BCUT2D eigenvalue weighted by molar-refractivity contribution is 0.0976. The van der Waals surface area contributed by atoms with Crippen LogP contribution in [-0.4, -0.2) is 27.9 Å². The summed E-state index contributed by atoms with van der Waals surface area (Å²) in [4.78, 5) is 23.9. The van der Waals surface area contributed by atoms with E-state index in [4.69, 9.17) is 17.3 Å². The molecule has 1 aromatic heterocycles. The Bertz CT molecular complexity index is 1190. The largest absolute Gasteiger partial charge is 0.370 e. The molecule has 1 aliphatic rings. The lowest BCUT2D eigenvalue weighted by atomic mass is 9.96. The van der Waals surface area contributed by atoms with Gasteiger partial charge in [0.05, 0.1) is 11.6 Å². The monoisotopic (exact) mass is 518 g/mol. The minimum atomic E-state index is -1.15. The van der Waals surface area contributed by atoms with Crippen LogP contribution in [0, 0.1) is 17.5 Å². The van der Waals surface area contributed by atoms with Crippen molar-refractivity contribution in [3.8, 4) is 0 Å². The number of guanidine groups is 1. The third-order valence-electron chi connectivity index (χ3n) is 5.34. The smallest absolute Gasteiger partial charge is 0.258 e. The normalized spacial score (nSPS) is 13.9. The summed E-state index contributed by atoms with van der Waals surface area (Å²) in [6.45, 7) is 0.0119. The number of nitrogens with zero attached hydrogens (tertiary/aromatic N) is 3. The number of anilines is 1. The zero-order chi connectivity index (χ0) is 25.9. The predicted molar refractivity (Wildman–Crippen MR) is 133 cm³/mol. The molecule has 2 aromatic carbocycles. The maximum absolute atomic E-state index is 13.3. The molecule has 0 radical (unpaired) electrons. The maximum atomic E-state index is 13.3. The van der Waals surface area contributed by atoms with Crippen LogP contribution >= 0.6 is 11.6 Å². The summed E-state index contributed by atoms with van der Waals surface area (Å²) in [5.74, 6) is -3.02. The van der Waals surface area contributed by atoms with Crippen LogP contribution in [0.4, 0.5) is 19.1 Å². The number of nitrogens with two attached hydrogens (primary N) is 1. The number of carbonyl (C=O) groups excluding carboxylic acids is 1. The number of nitrogens with one attached hydrogen (secondary N) is 2. The van der Waals surface area contributed by atoms with Gasteiger partial charge in [0, 0.05) is 24.0 Å². The van der Waals surface area contributed by atoms with E-state index in [2.05, 4.69) is 25.6 Å². The zero-order valence-corrected chi connectivity index (χ0v) is 20.1. The highest BCUT2D eigenvalue weighted by molar-refractivity contribution is 6.30. The third kappa shape index (κ3) is 8.53. The number of carbonyl (C=O) groups is 1. The Morgan fingerprint density at radius 3 is 2.39 bits per heavy atom. The van der Waals surface area contributed by atoms with E-state index in [-0.39, 0.29) is 23.1 Å². The molecule has 0 aliphatic heterocycles. The van der Waals surface area contributed by atoms with Gasteiger partial charge >= 0.3 is 0 Å². The van der Waals surface area contributed by atoms with Gasteiger partial charge in [0.1, 0.15) is 5.82 Å². The van der Waals surface area contributed by atoms with E-state index in [1.165, 1.54) is 44.2 Å². The van der Waals surface area contributed by atoms with Crippen molar-refractivity contribution in [2.45, 2.75) is 44.7 Å². The first-order chi connectivity index (χ1) is 17.3. The predicted octanol–water partition coefficient (Wildman–Crippen LogP) is 5.22. The molecule has 1 saturated carbocycles. The first-order valence-electron chi connectivity index (χ1n) is 11.4. The van der Waals surface area contributed by atoms with Crippen molar-refractivity contribution in [1.82, 2.24) is 15.3 Å². The highest BCUT2D eigenvalue weighted by atomic mass is 35.5. The molecule has 1 amide bonds. The Balaban J connectivity index is 0.000000233. The molecule has 1 fully saturated rings. The van der Waals surface area contributed by atoms with Crippen molar-refractivity contribution in [3.63, 3.8) is 0 Å². The van der Waals surface area contributed by atoms with Gasteiger partial charge in [-0.1, -0.05) is 36.9 Å². The van der Waals surface area contributed by atoms with Gasteiger partial charge in [0.25, 0.3) is 5.91 Å². The fourth-order valence-corrected chi connectivity index (χ4v) is 3.60. The van der Waals surface area contributed by atoms with Crippen molar-refractivity contribution >= 4 is 29.4 Å². The minimum Gasteiger partial charge on any atom is -0.370 e. The summed E-state index contributed by atoms with van der Waals surface area (Å²) in [7, 11) is 0. The van der Waals surface area contributed by atoms with E-state index in [0.29, 0.717) is 11.6 Å². The van der Waals surface area contributed by atoms with Gasteiger partial charge < -0.3 is 11.1 Å². The first-order valence-corrected chi connectivity index (χ1v) is 11.7. The van der Waals surface area contributed by atoms with Gasteiger partial charge in [-0.2, -0.15) is 0 Å². The number of rotatable bonds is 5. The molecule has 7 nitrogen and oxygen atoms in total. The van der Waals surface area contributed by atoms with Crippen molar-refractivity contribution in [1.29, 1.82) is 0 Å². The van der Waals surface area contributed by atoms with Gasteiger partial charge in [-0.05, 0) is 54.8 Å². The summed E-state index contributed by atoms with van der Waals surface area (Å²) in [5.41, 5.74) is 5.91. The Labute approximate surface area is 212 Å². The minimum absolute atomic E-state index is 0.0119. The fourth-order valence-electron chi connectivity index (χ4n) is 3.48. The van der Waals surface area contributed by atoms with Gasteiger partial charge in [-0.15, -0.1) is 0 Å². The number of hydrogen-bond donors (Lipinski definition) is 3. The summed E-state index contributed by atoms with van der Waals surface area (Å²) >= 11 is 5.55. The van der Waals surface area contributed by atoms with Crippen molar-refractivity contribution in [2.24, 2.45) is 10.7 Å². The van der Waals surface area contributed by atoms with Gasteiger partial charge in [0.15, 0.2) is 17.6 Å². The van der Waals surface area contributed by atoms with Gasteiger partial charge in [0.2, 0.25) is 5.95 Å². The first kappa shape index (κ1) is 26.9. The van der Waals surface area contributed by atoms with Crippen molar-refractivity contribution < 1.29 is 18.0 Å². The van der Waals surface area contributed by atoms with Crippen LogP contribution in [0.25, 0.3) is 0 Å². The molecule has 0 atom stereocenters. The van der Waals surface area contributed by atoms with Crippen LogP contribution in [0.3, 0.4) is 0 Å². The lowest BCUT2D eigenvalue weighted by Gasteiger charge is -2.22. The van der Waals surface area contributed by atoms with Crippen LogP contribution in [0.1, 0.15) is 48.0 Å². The second-order valence-corrected chi connectivity index (χ2v) is 8.49. The number of amides is 1. The topological polar surface area (TPSA) is 105 Å². The Hall–Kier alpha value is -3.66. The number of benzene rings is 2. The van der Waals surface area contributed by atoms with E-state index in [1.807, 2.05) is 6.07 Å². The molecule has 190 valence electrons. The van der Waals surface area contributed by atoms with E-state index < -0.39 is 23.4 Å². The highest BCUT2D eigenvalue weighted by Gasteiger charge is 2.13. The standard InChI is InChI=1S/C15H11ClF3N3O.C10H15N3/c16-10-3-1-8(5-12(10)18)7-21-15(20)22-14(23)9-2-4-11(17)13(19)6-9;1-2-5-9(6-3-1)13-10-11-7-4-8-12-10/h1-6H,7H2,(H3,20,21,22,23);4,7-9H,1-3,5-6H2,(H,11,12,13). The average Bonchev–Trinajstić information content (AvgIpc) is 2.88. The molecule has 3 aromatic rings. The zero-order valence-electron chi connectivity index (χ0n) is 19.4. The molecule has 4 N–H and O–H groups in total. The average molecular weight is 519 g/mol. The third-order valence-corrected chi connectivity index (χ3v) is 5.65. The summed E-state index contributed by atoms with van der Waals surface area (Å²) in [5, 5.41) is 5.56. The Morgan fingerprint density at radius 1 is 1.00 bits per heavy atom. The van der Waals surface area contributed by atoms with Crippen LogP contribution in [0.5, 0.6) is 0 Å². The SMILES string of the molecule is NC(=NCc1ccc(Cl)c(F)c1)NC(=O)c1ccc(F)c(F)c1.c1cnc(NC2CCCCC2)nc1. The molecular weight excluding hydrogens is 493 g/mol. The molecule has 0 spiro atoms. The quantitative estimate of drug-likeness (QED) is 0.317. The second-order valence-electron chi connectivity index (χ2n) is 8.08. The number of halogens is 4. The van der Waals surface area contributed by atoms with Crippen LogP contribution in [0.2, 0.25) is 5.02 Å². The fraction of sp³-hybridized carbons (Fsp3) is 0.280. The highest BCUT2D eigenvalue weighted by Crippen LogP contribution is 2.19. The summed E-state index contributed by atoms with van der Waals surface area (Å²) < 4.78 is 39.1. The van der Waals surface area contributed by atoms with Crippen LogP contribution in [-0.2, 0) is 6.54 Å². The molecular formula is C25H26ClF3N6O. The number of aromatic nitrogens is 2. The molecule has 0 saturated heterocycles. The lowest BCUT2D eigenvalue weighted by Crippen LogP contribution is -2.36. The Morgan fingerprint density at radius 2 is 1.72 bits per heavy atom. The molecule has 36 heavy (non-hydrogen) atoms. The van der Waals surface area contributed by atoms with E-state index in [0.717, 1.165) is 24.1 Å². The van der Waals surface area contributed by atoms with Crippen LogP contribution < -0.4 is 16.4 Å². The number of hydrogen-bond acceptors (Lipinski definition) is 5. The van der Waals surface area contributed by atoms with Gasteiger partial charge in [-0.3, -0.25) is 10.1 Å². The molecule has 0 unspecified atom stereocenters. The van der Waals surface area contributed by atoms with Crippen molar-refractivity contribution in [2.75, 3.05) is 5.32 Å². The van der Waals surface area contributed by atoms with E-state index in [1.54, 1.807) is 18.5 Å². The van der Waals surface area contributed by atoms with E-state index >= 15 is 0 Å². The number of aliphatic imine (C=N–C) groups is 1. The summed E-state index contributed by atoms with van der Waals surface area (Å²) in [6.07, 6.45) is 10.1. The molecule has 4 rings (SSSR count). The van der Waals surface area contributed by atoms with Gasteiger partial charge in [-0.25, -0.2) is 28.1 Å². The Kier molecular flexibility index (Phi) is 10.1. The maximum Gasteiger partial charge on any atom is 0.258 e. The van der Waals surface area contributed by atoms with E-state index in [9.17, 15) is 18.0 Å². The van der Waals surface area contributed by atoms with Crippen molar-refractivity contribution in [3.05, 3.63) is 88.5 Å². The molecule has 11 heteroatoms. The molecule has 1 heterocycles. The van der Waals surface area contributed by atoms with Crippen LogP contribution in [0.15, 0.2) is 59.9 Å². The molecule has 1 aliphatic carbocycles. The molecule has 0 bridgehead atoms. The second kappa shape index (κ2) is 13.4. The summed E-state index contributed by atoms with van der Waals surface area (Å²) in [6, 6.07) is 9.23.